The van der Waals surface area contributed by atoms with Gasteiger partial charge in [0.2, 0.25) is 0 Å². The Hall–Kier alpha value is -3.93. The number of hydrogen-bond donors (Lipinski definition) is 0. The standard InChI is InChI=1S/C27H23NO5/c1-32-22-11-10-17-13-20(9-8-18(17)14-22)25(29)21-6-4-12-28(16-21)26(30)23-15-19-5-2-3-7-24(19)33-27(23)31/h2-3,5,7-11,13-15,21H,4,6,12,16H2,1H3. The van der Waals surface area contributed by atoms with Crippen LogP contribution in [-0.4, -0.2) is 36.8 Å². The molecule has 0 radical (unpaired) electrons. The number of piperidine rings is 1. The van der Waals surface area contributed by atoms with E-state index in [9.17, 15) is 14.4 Å². The molecule has 1 aliphatic rings. The van der Waals surface area contributed by atoms with Crippen molar-refractivity contribution in [2.75, 3.05) is 20.2 Å². The summed E-state index contributed by atoms with van der Waals surface area (Å²) in [5, 5.41) is 2.64. The maximum atomic E-state index is 13.3. The first-order valence-electron chi connectivity index (χ1n) is 11.0. The van der Waals surface area contributed by atoms with E-state index in [1.165, 1.54) is 0 Å². The van der Waals surface area contributed by atoms with Crippen molar-refractivity contribution in [3.63, 3.8) is 0 Å². The van der Waals surface area contributed by atoms with Gasteiger partial charge in [0.15, 0.2) is 5.78 Å². The number of ether oxygens (including phenoxy) is 1. The van der Waals surface area contributed by atoms with Crippen LogP contribution >= 0.6 is 0 Å². The van der Waals surface area contributed by atoms with Crippen LogP contribution in [0.2, 0.25) is 0 Å². The second-order valence-corrected chi connectivity index (χ2v) is 8.37. The SMILES string of the molecule is COc1ccc2cc(C(=O)C3CCCN(C(=O)c4cc5ccccc5oc4=O)C3)ccc2c1. The zero-order valence-electron chi connectivity index (χ0n) is 18.2. The van der Waals surface area contributed by atoms with Gasteiger partial charge in [-0.25, -0.2) is 4.79 Å². The summed E-state index contributed by atoms with van der Waals surface area (Å²) < 4.78 is 10.6. The van der Waals surface area contributed by atoms with Gasteiger partial charge >= 0.3 is 5.63 Å². The lowest BCUT2D eigenvalue weighted by molar-refractivity contribution is 0.0634. The van der Waals surface area contributed by atoms with Crippen molar-refractivity contribution >= 4 is 33.4 Å². The third kappa shape index (κ3) is 4.00. The lowest BCUT2D eigenvalue weighted by Gasteiger charge is -2.32. The fourth-order valence-corrected chi connectivity index (χ4v) is 4.50. The molecule has 4 aromatic rings. The number of fused-ring (bicyclic) bond motifs is 2. The highest BCUT2D eigenvalue weighted by Gasteiger charge is 2.31. The molecule has 1 aliphatic heterocycles. The molecule has 0 bridgehead atoms. The smallest absolute Gasteiger partial charge is 0.349 e. The minimum absolute atomic E-state index is 0.00134. The van der Waals surface area contributed by atoms with E-state index in [0.717, 1.165) is 16.5 Å². The summed E-state index contributed by atoms with van der Waals surface area (Å²) in [6.07, 6.45) is 1.40. The Kier molecular flexibility index (Phi) is 5.42. The number of rotatable bonds is 4. The Labute approximate surface area is 190 Å². The summed E-state index contributed by atoms with van der Waals surface area (Å²) >= 11 is 0. The molecule has 166 valence electrons. The van der Waals surface area contributed by atoms with Gasteiger partial charge in [0.25, 0.3) is 5.91 Å². The van der Waals surface area contributed by atoms with Gasteiger partial charge in [0.1, 0.15) is 16.9 Å². The van der Waals surface area contributed by atoms with Crippen molar-refractivity contribution in [1.82, 2.24) is 4.90 Å². The van der Waals surface area contributed by atoms with Gasteiger partial charge in [-0.3, -0.25) is 9.59 Å². The average molecular weight is 441 g/mol. The molecule has 33 heavy (non-hydrogen) atoms. The summed E-state index contributed by atoms with van der Waals surface area (Å²) in [5.74, 6) is 0.0699. The minimum atomic E-state index is -0.655. The first-order valence-corrected chi connectivity index (χ1v) is 11.0. The third-order valence-electron chi connectivity index (χ3n) is 6.28. The molecule has 0 aliphatic carbocycles. The van der Waals surface area contributed by atoms with Crippen LogP contribution in [0.5, 0.6) is 5.75 Å². The van der Waals surface area contributed by atoms with E-state index >= 15 is 0 Å². The number of nitrogens with zero attached hydrogens (tertiary/aromatic N) is 1. The molecule has 0 N–H and O–H groups in total. The van der Waals surface area contributed by atoms with Crippen molar-refractivity contribution < 1.29 is 18.7 Å². The predicted octanol–water partition coefficient (Wildman–Crippen LogP) is 4.69. The van der Waals surface area contributed by atoms with Gasteiger partial charge in [-0.1, -0.05) is 36.4 Å². The van der Waals surface area contributed by atoms with Crippen LogP contribution in [0.25, 0.3) is 21.7 Å². The van der Waals surface area contributed by atoms with E-state index in [-0.39, 0.29) is 23.8 Å². The van der Waals surface area contributed by atoms with Crippen LogP contribution in [-0.2, 0) is 0 Å². The lowest BCUT2D eigenvalue weighted by atomic mass is 9.89. The first-order chi connectivity index (χ1) is 16.0. The van der Waals surface area contributed by atoms with Crippen LogP contribution in [0, 0.1) is 5.92 Å². The van der Waals surface area contributed by atoms with Crippen LogP contribution < -0.4 is 10.4 Å². The number of amides is 1. The Morgan fingerprint density at radius 1 is 0.970 bits per heavy atom. The maximum Gasteiger partial charge on any atom is 0.349 e. The van der Waals surface area contributed by atoms with Gasteiger partial charge in [-0.05, 0) is 53.9 Å². The number of ketones is 1. The highest BCUT2D eigenvalue weighted by atomic mass is 16.5. The summed E-state index contributed by atoms with van der Waals surface area (Å²) in [4.78, 5) is 40.4. The van der Waals surface area contributed by atoms with Gasteiger partial charge in [0, 0.05) is 30.0 Å². The Morgan fingerprint density at radius 3 is 2.61 bits per heavy atom. The molecule has 2 heterocycles. The first kappa shape index (κ1) is 20.9. The number of methoxy groups -OCH3 is 1. The number of carbonyl (C=O) groups is 2. The van der Waals surface area contributed by atoms with E-state index in [1.807, 2.05) is 42.5 Å². The highest BCUT2D eigenvalue weighted by Crippen LogP contribution is 2.26. The van der Waals surface area contributed by atoms with Gasteiger partial charge in [-0.2, -0.15) is 0 Å². The summed E-state index contributed by atoms with van der Waals surface area (Å²) in [5.41, 5.74) is 0.412. The quantitative estimate of drug-likeness (QED) is 0.339. The topological polar surface area (TPSA) is 76.8 Å². The summed E-state index contributed by atoms with van der Waals surface area (Å²) in [6.45, 7) is 0.789. The number of benzene rings is 3. The zero-order valence-corrected chi connectivity index (χ0v) is 18.2. The molecule has 6 nitrogen and oxygen atoms in total. The fourth-order valence-electron chi connectivity index (χ4n) is 4.50. The largest absolute Gasteiger partial charge is 0.497 e. The third-order valence-corrected chi connectivity index (χ3v) is 6.28. The van der Waals surface area contributed by atoms with Crippen molar-refractivity contribution in [2.24, 2.45) is 5.92 Å². The van der Waals surface area contributed by atoms with Crippen molar-refractivity contribution in [3.8, 4) is 5.75 Å². The molecule has 5 rings (SSSR count). The van der Waals surface area contributed by atoms with E-state index in [4.69, 9.17) is 9.15 Å². The molecule has 6 heteroatoms. The number of carbonyl (C=O) groups excluding carboxylic acids is 2. The molecular weight excluding hydrogens is 418 g/mol. The molecule has 0 spiro atoms. The molecule has 1 saturated heterocycles. The molecule has 1 atom stereocenters. The minimum Gasteiger partial charge on any atom is -0.497 e. The normalized spacial score (nSPS) is 16.2. The van der Waals surface area contributed by atoms with E-state index in [1.54, 1.807) is 36.3 Å². The monoisotopic (exact) mass is 441 g/mol. The lowest BCUT2D eigenvalue weighted by Crippen LogP contribution is -2.43. The van der Waals surface area contributed by atoms with Crippen molar-refractivity contribution in [3.05, 3.63) is 88.3 Å². The Bertz CT molecular complexity index is 1440. The Morgan fingerprint density at radius 2 is 1.76 bits per heavy atom. The molecule has 1 fully saturated rings. The van der Waals surface area contributed by atoms with Crippen LogP contribution in [0.4, 0.5) is 0 Å². The van der Waals surface area contributed by atoms with Crippen molar-refractivity contribution in [2.45, 2.75) is 12.8 Å². The van der Waals surface area contributed by atoms with Gasteiger partial charge < -0.3 is 14.1 Å². The fraction of sp³-hybridized carbons (Fsp3) is 0.222. The summed E-state index contributed by atoms with van der Waals surface area (Å²) in [6, 6.07) is 20.0. The van der Waals surface area contributed by atoms with Crippen LogP contribution in [0.15, 0.2) is 75.9 Å². The summed E-state index contributed by atoms with van der Waals surface area (Å²) in [7, 11) is 1.62. The molecule has 1 aromatic heterocycles. The molecule has 3 aromatic carbocycles. The Balaban J connectivity index is 1.38. The van der Waals surface area contributed by atoms with E-state index in [2.05, 4.69) is 0 Å². The van der Waals surface area contributed by atoms with Gasteiger partial charge in [0.05, 0.1) is 7.11 Å². The number of likely N-dealkylation sites (tertiary alicyclic amines) is 1. The predicted molar refractivity (Wildman–Crippen MR) is 126 cm³/mol. The second-order valence-electron chi connectivity index (χ2n) is 8.37. The molecule has 0 saturated carbocycles. The number of hydrogen-bond acceptors (Lipinski definition) is 5. The van der Waals surface area contributed by atoms with E-state index < -0.39 is 11.5 Å². The van der Waals surface area contributed by atoms with E-state index in [0.29, 0.717) is 35.9 Å². The molecule has 1 unspecified atom stereocenters. The second kappa shape index (κ2) is 8.54. The maximum absolute atomic E-state index is 13.3. The van der Waals surface area contributed by atoms with Crippen molar-refractivity contribution in [1.29, 1.82) is 0 Å². The highest BCUT2D eigenvalue weighted by molar-refractivity contribution is 6.02. The number of para-hydroxylation sites is 1. The van der Waals surface area contributed by atoms with Gasteiger partial charge in [-0.15, -0.1) is 0 Å². The number of Topliss-reactive ketones (excluding diaryl/α,β-unsaturated/α-hetero) is 1. The zero-order chi connectivity index (χ0) is 22.9. The molecule has 1 amide bonds. The molecular formula is C27H23NO5. The van der Waals surface area contributed by atoms with Crippen LogP contribution in [0.1, 0.15) is 33.6 Å². The average Bonchev–Trinajstić information content (AvgIpc) is 2.86. The van der Waals surface area contributed by atoms with Crippen LogP contribution in [0.3, 0.4) is 0 Å².